The summed E-state index contributed by atoms with van der Waals surface area (Å²) >= 11 is 0. The minimum absolute atomic E-state index is 0.187. The molecule has 1 aromatic rings. The summed E-state index contributed by atoms with van der Waals surface area (Å²) in [4.78, 5) is 24.9. The Bertz CT molecular complexity index is 667. The first-order valence-corrected chi connectivity index (χ1v) is 7.87. The predicted octanol–water partition coefficient (Wildman–Crippen LogP) is 3.32. The topological polar surface area (TPSA) is 75.9 Å². The van der Waals surface area contributed by atoms with Crippen LogP contribution in [0.5, 0.6) is 0 Å². The number of piperazine rings is 1. The van der Waals surface area contributed by atoms with E-state index in [1.165, 1.54) is 9.80 Å². The molecule has 1 heterocycles. The zero-order chi connectivity index (χ0) is 18.9. The summed E-state index contributed by atoms with van der Waals surface area (Å²) < 4.78 is 33.7. The zero-order valence-electron chi connectivity index (χ0n) is 14.6. The Morgan fingerprint density at radius 2 is 1.84 bits per heavy atom. The van der Waals surface area contributed by atoms with Crippen molar-refractivity contribution in [1.29, 1.82) is 0 Å². The molecule has 0 bridgehead atoms. The molecule has 1 aromatic carbocycles. The summed E-state index contributed by atoms with van der Waals surface area (Å²) in [6.07, 6.45) is -0.483. The van der Waals surface area contributed by atoms with E-state index in [9.17, 15) is 23.7 Å². The van der Waals surface area contributed by atoms with E-state index in [1.54, 1.807) is 27.7 Å². The molecule has 1 aliphatic heterocycles. The van der Waals surface area contributed by atoms with Gasteiger partial charge < -0.3 is 14.5 Å². The van der Waals surface area contributed by atoms with Gasteiger partial charge in [0.1, 0.15) is 11.3 Å². The summed E-state index contributed by atoms with van der Waals surface area (Å²) in [7, 11) is 0. The second kappa shape index (κ2) is 6.81. The first kappa shape index (κ1) is 18.9. The molecular formula is C16H21F2N3O4. The number of nitro groups is 1. The van der Waals surface area contributed by atoms with Crippen molar-refractivity contribution in [2.75, 3.05) is 24.5 Å². The van der Waals surface area contributed by atoms with Gasteiger partial charge in [-0.05, 0) is 27.7 Å². The standard InChI is InChI=1S/C16H21F2N3O4/c1-10-9-19(15(22)25-16(2,3)4)5-6-20(10)14-12(17)7-11(21(23)24)8-13(14)18/h7-8,10H,5-6,9H2,1-4H3. The van der Waals surface area contributed by atoms with Crippen molar-refractivity contribution in [3.8, 4) is 0 Å². The molecule has 1 unspecified atom stereocenters. The third-order valence-corrected chi connectivity index (χ3v) is 3.78. The lowest BCUT2D eigenvalue weighted by Gasteiger charge is -2.41. The van der Waals surface area contributed by atoms with Gasteiger partial charge in [0.2, 0.25) is 0 Å². The third-order valence-electron chi connectivity index (χ3n) is 3.78. The number of carbonyl (C=O) groups excluding carboxylic acids is 1. The maximum atomic E-state index is 14.2. The minimum Gasteiger partial charge on any atom is -0.444 e. The Kier molecular flexibility index (Phi) is 5.15. The van der Waals surface area contributed by atoms with E-state index in [-0.39, 0.29) is 31.4 Å². The average molecular weight is 357 g/mol. The van der Waals surface area contributed by atoms with Crippen LogP contribution < -0.4 is 4.90 Å². The van der Waals surface area contributed by atoms with Crippen molar-refractivity contribution in [3.63, 3.8) is 0 Å². The van der Waals surface area contributed by atoms with Gasteiger partial charge >= 0.3 is 6.09 Å². The summed E-state index contributed by atoms with van der Waals surface area (Å²) in [6.45, 7) is 7.63. The third kappa shape index (κ3) is 4.34. The molecule has 25 heavy (non-hydrogen) atoms. The van der Waals surface area contributed by atoms with Crippen LogP contribution in [-0.2, 0) is 4.74 Å². The van der Waals surface area contributed by atoms with Crippen LogP contribution in [0.4, 0.5) is 25.0 Å². The van der Waals surface area contributed by atoms with Crippen molar-refractivity contribution in [2.45, 2.75) is 39.3 Å². The number of rotatable bonds is 2. The van der Waals surface area contributed by atoms with Crippen molar-refractivity contribution in [1.82, 2.24) is 4.90 Å². The van der Waals surface area contributed by atoms with Crippen molar-refractivity contribution in [3.05, 3.63) is 33.9 Å². The molecule has 0 aromatic heterocycles. The largest absolute Gasteiger partial charge is 0.444 e. The highest BCUT2D eigenvalue weighted by atomic mass is 19.1. The molecule has 2 rings (SSSR count). The Labute approximate surface area is 144 Å². The molecular weight excluding hydrogens is 336 g/mol. The van der Waals surface area contributed by atoms with Crippen LogP contribution >= 0.6 is 0 Å². The zero-order valence-corrected chi connectivity index (χ0v) is 14.6. The number of benzene rings is 1. The summed E-state index contributed by atoms with van der Waals surface area (Å²) in [5.41, 5.74) is -1.59. The van der Waals surface area contributed by atoms with Gasteiger partial charge in [0.15, 0.2) is 11.6 Å². The Hall–Kier alpha value is -2.45. The highest BCUT2D eigenvalue weighted by molar-refractivity contribution is 5.69. The van der Waals surface area contributed by atoms with Gasteiger partial charge in [-0.25, -0.2) is 13.6 Å². The quantitative estimate of drug-likeness (QED) is 0.599. The van der Waals surface area contributed by atoms with Crippen molar-refractivity contribution < 1.29 is 23.2 Å². The minimum atomic E-state index is -0.996. The van der Waals surface area contributed by atoms with E-state index >= 15 is 0 Å². The number of halogens is 2. The molecule has 0 radical (unpaired) electrons. The molecule has 9 heteroatoms. The van der Waals surface area contributed by atoms with Crippen LogP contribution in [0.2, 0.25) is 0 Å². The highest BCUT2D eigenvalue weighted by Crippen LogP contribution is 2.31. The van der Waals surface area contributed by atoms with Crippen LogP contribution in [0.3, 0.4) is 0 Å². The predicted molar refractivity (Wildman–Crippen MR) is 87.6 cm³/mol. The van der Waals surface area contributed by atoms with Gasteiger partial charge in [0, 0.05) is 25.7 Å². The normalized spacial score (nSPS) is 18.2. The van der Waals surface area contributed by atoms with E-state index in [2.05, 4.69) is 0 Å². The van der Waals surface area contributed by atoms with Crippen LogP contribution in [0.25, 0.3) is 0 Å². The first-order valence-electron chi connectivity index (χ1n) is 7.87. The van der Waals surface area contributed by atoms with Crippen LogP contribution in [0, 0.1) is 21.7 Å². The maximum absolute atomic E-state index is 14.2. The average Bonchev–Trinajstić information content (AvgIpc) is 2.46. The first-order chi connectivity index (χ1) is 11.5. The molecule has 0 N–H and O–H groups in total. The monoisotopic (exact) mass is 357 g/mol. The van der Waals surface area contributed by atoms with E-state index in [4.69, 9.17) is 4.74 Å². The van der Waals surface area contributed by atoms with E-state index in [0.717, 1.165) is 0 Å². The van der Waals surface area contributed by atoms with E-state index in [0.29, 0.717) is 12.1 Å². The molecule has 0 saturated carbocycles. The van der Waals surface area contributed by atoms with Gasteiger partial charge in [-0.3, -0.25) is 10.1 Å². The number of hydrogen-bond acceptors (Lipinski definition) is 5. The van der Waals surface area contributed by atoms with Crippen LogP contribution in [-0.4, -0.2) is 47.2 Å². The Balaban J connectivity index is 2.17. The van der Waals surface area contributed by atoms with Gasteiger partial charge in [0.25, 0.3) is 5.69 Å². The number of nitro benzene ring substituents is 1. The smallest absolute Gasteiger partial charge is 0.410 e. The van der Waals surface area contributed by atoms with Gasteiger partial charge in [-0.1, -0.05) is 0 Å². The van der Waals surface area contributed by atoms with Crippen LogP contribution in [0.15, 0.2) is 12.1 Å². The van der Waals surface area contributed by atoms with Gasteiger partial charge in [-0.15, -0.1) is 0 Å². The fourth-order valence-corrected chi connectivity index (χ4v) is 2.71. The van der Waals surface area contributed by atoms with Crippen LogP contribution in [0.1, 0.15) is 27.7 Å². The second-order valence-electron chi connectivity index (χ2n) is 6.98. The molecule has 1 amide bonds. The number of non-ortho nitro benzene ring substituents is 1. The molecule has 0 aliphatic carbocycles. The lowest BCUT2D eigenvalue weighted by atomic mass is 10.1. The van der Waals surface area contributed by atoms with E-state index in [1.807, 2.05) is 0 Å². The SMILES string of the molecule is CC1CN(C(=O)OC(C)(C)C)CCN1c1c(F)cc([N+](=O)[O-])cc1F. The molecule has 1 aliphatic rings. The van der Waals surface area contributed by atoms with Crippen molar-refractivity contribution >= 4 is 17.5 Å². The number of carbonyl (C=O) groups is 1. The summed E-state index contributed by atoms with van der Waals surface area (Å²) in [6, 6.07) is 1.02. The second-order valence-corrected chi connectivity index (χ2v) is 6.98. The molecule has 138 valence electrons. The Morgan fingerprint density at radius 1 is 1.28 bits per heavy atom. The Morgan fingerprint density at radius 3 is 2.28 bits per heavy atom. The molecule has 7 nitrogen and oxygen atoms in total. The highest BCUT2D eigenvalue weighted by Gasteiger charge is 2.33. The number of hydrogen-bond donors (Lipinski definition) is 0. The lowest BCUT2D eigenvalue weighted by Crippen LogP contribution is -2.55. The molecule has 1 saturated heterocycles. The van der Waals surface area contributed by atoms with Gasteiger partial charge in [-0.2, -0.15) is 0 Å². The number of ether oxygens (including phenoxy) is 1. The molecule has 1 atom stereocenters. The number of amides is 1. The molecule has 0 spiro atoms. The number of nitrogens with zero attached hydrogens (tertiary/aromatic N) is 3. The molecule has 1 fully saturated rings. The fraction of sp³-hybridized carbons (Fsp3) is 0.562. The number of anilines is 1. The van der Waals surface area contributed by atoms with E-state index < -0.39 is 33.9 Å². The summed E-state index contributed by atoms with van der Waals surface area (Å²) in [5.74, 6) is -1.99. The van der Waals surface area contributed by atoms with Gasteiger partial charge in [0.05, 0.1) is 17.1 Å². The fourth-order valence-electron chi connectivity index (χ4n) is 2.71. The summed E-state index contributed by atoms with van der Waals surface area (Å²) in [5, 5.41) is 10.7. The lowest BCUT2D eigenvalue weighted by molar-refractivity contribution is -0.385. The maximum Gasteiger partial charge on any atom is 0.410 e. The van der Waals surface area contributed by atoms with Crippen molar-refractivity contribution in [2.24, 2.45) is 0 Å².